The molecular formula is C17H34N2O. The number of rotatable bonds is 5. The van der Waals surface area contributed by atoms with Crippen LogP contribution in [0.15, 0.2) is 0 Å². The van der Waals surface area contributed by atoms with E-state index in [1.165, 1.54) is 32.2 Å². The van der Waals surface area contributed by atoms with Crippen LogP contribution in [-0.2, 0) is 4.74 Å². The van der Waals surface area contributed by atoms with Crippen molar-refractivity contribution in [3.63, 3.8) is 0 Å². The van der Waals surface area contributed by atoms with Gasteiger partial charge in [-0.15, -0.1) is 0 Å². The molecule has 1 heterocycles. The first-order chi connectivity index (χ1) is 9.61. The average molecular weight is 282 g/mol. The summed E-state index contributed by atoms with van der Waals surface area (Å²) in [6, 6.07) is 1.37. The molecule has 3 heteroatoms. The van der Waals surface area contributed by atoms with E-state index in [0.717, 1.165) is 37.5 Å². The molecule has 0 spiro atoms. The second-order valence-corrected chi connectivity index (χ2v) is 7.20. The average Bonchev–Trinajstić information content (AvgIpc) is 2.39. The molecule has 0 aromatic rings. The lowest BCUT2D eigenvalue weighted by Crippen LogP contribution is -2.56. The lowest BCUT2D eigenvalue weighted by Gasteiger charge is -2.46. The lowest BCUT2D eigenvalue weighted by molar-refractivity contribution is 0.0283. The highest BCUT2D eigenvalue weighted by Gasteiger charge is 2.36. The van der Waals surface area contributed by atoms with Crippen LogP contribution in [0.2, 0.25) is 0 Å². The smallest absolute Gasteiger partial charge is 0.0469 e. The van der Waals surface area contributed by atoms with E-state index in [4.69, 9.17) is 4.74 Å². The van der Waals surface area contributed by atoms with Crippen molar-refractivity contribution in [3.8, 4) is 0 Å². The Hall–Kier alpha value is -0.120. The van der Waals surface area contributed by atoms with Gasteiger partial charge < -0.3 is 15.0 Å². The van der Waals surface area contributed by atoms with Crippen molar-refractivity contribution in [3.05, 3.63) is 0 Å². The van der Waals surface area contributed by atoms with Crippen LogP contribution in [0.4, 0.5) is 0 Å². The summed E-state index contributed by atoms with van der Waals surface area (Å²) in [4.78, 5) is 2.65. The van der Waals surface area contributed by atoms with E-state index >= 15 is 0 Å². The third-order valence-corrected chi connectivity index (χ3v) is 5.29. The molecule has 1 saturated heterocycles. The molecule has 4 unspecified atom stereocenters. The standard InChI is InChI=1S/C17H34N2O/c1-5-18-16-11-13(2)10-14(3)17(16)19(4)12-15-6-8-20-9-7-15/h13-18H,5-12H2,1-4H3. The fraction of sp³-hybridized carbons (Fsp3) is 1.00. The van der Waals surface area contributed by atoms with Gasteiger partial charge in [0.25, 0.3) is 0 Å². The predicted molar refractivity (Wildman–Crippen MR) is 85.0 cm³/mol. The molecule has 2 rings (SSSR count). The Bertz CT molecular complexity index is 278. The van der Waals surface area contributed by atoms with E-state index < -0.39 is 0 Å². The van der Waals surface area contributed by atoms with Gasteiger partial charge in [-0.1, -0.05) is 20.8 Å². The summed E-state index contributed by atoms with van der Waals surface area (Å²) >= 11 is 0. The zero-order valence-electron chi connectivity index (χ0n) is 13.9. The van der Waals surface area contributed by atoms with Crippen LogP contribution in [0.25, 0.3) is 0 Å². The van der Waals surface area contributed by atoms with Crippen LogP contribution in [0.1, 0.15) is 46.5 Å². The molecule has 0 aromatic heterocycles. The van der Waals surface area contributed by atoms with Crippen LogP contribution in [-0.4, -0.2) is 50.3 Å². The summed E-state index contributed by atoms with van der Waals surface area (Å²) in [5.74, 6) is 2.50. The van der Waals surface area contributed by atoms with Gasteiger partial charge in [-0.2, -0.15) is 0 Å². The zero-order chi connectivity index (χ0) is 14.5. The second kappa shape index (κ2) is 7.77. The Morgan fingerprint density at radius 3 is 2.50 bits per heavy atom. The van der Waals surface area contributed by atoms with Gasteiger partial charge in [-0.3, -0.25) is 0 Å². The van der Waals surface area contributed by atoms with Gasteiger partial charge in [0.2, 0.25) is 0 Å². The molecule has 0 amide bonds. The SMILES string of the molecule is CCNC1CC(C)CC(C)C1N(C)CC1CCOCC1. The van der Waals surface area contributed by atoms with E-state index in [1.807, 2.05) is 0 Å². The third kappa shape index (κ3) is 4.19. The van der Waals surface area contributed by atoms with Crippen molar-refractivity contribution in [1.82, 2.24) is 10.2 Å². The van der Waals surface area contributed by atoms with Gasteiger partial charge >= 0.3 is 0 Å². The Morgan fingerprint density at radius 1 is 1.15 bits per heavy atom. The molecule has 2 fully saturated rings. The number of ether oxygens (including phenoxy) is 1. The number of likely N-dealkylation sites (N-methyl/N-ethyl adjacent to an activating group) is 2. The Labute approximate surface area is 125 Å². The van der Waals surface area contributed by atoms with Gasteiger partial charge in [0, 0.05) is 31.8 Å². The topological polar surface area (TPSA) is 24.5 Å². The van der Waals surface area contributed by atoms with Crippen LogP contribution < -0.4 is 5.32 Å². The van der Waals surface area contributed by atoms with Crippen molar-refractivity contribution in [2.24, 2.45) is 17.8 Å². The summed E-state index contributed by atoms with van der Waals surface area (Å²) in [6.07, 6.45) is 5.20. The first-order valence-corrected chi connectivity index (χ1v) is 8.63. The van der Waals surface area contributed by atoms with E-state index in [2.05, 4.69) is 38.0 Å². The van der Waals surface area contributed by atoms with Gasteiger partial charge in [-0.05, 0) is 57.0 Å². The number of hydrogen-bond donors (Lipinski definition) is 1. The second-order valence-electron chi connectivity index (χ2n) is 7.20. The molecule has 118 valence electrons. The van der Waals surface area contributed by atoms with Crippen LogP contribution in [0, 0.1) is 17.8 Å². The quantitative estimate of drug-likeness (QED) is 0.839. The molecule has 1 N–H and O–H groups in total. The molecule has 0 aromatic carbocycles. The maximum absolute atomic E-state index is 5.49. The van der Waals surface area contributed by atoms with Gasteiger partial charge in [0.15, 0.2) is 0 Å². The van der Waals surface area contributed by atoms with Crippen LogP contribution >= 0.6 is 0 Å². The molecule has 20 heavy (non-hydrogen) atoms. The molecule has 0 bridgehead atoms. The zero-order valence-corrected chi connectivity index (χ0v) is 13.9. The molecule has 1 aliphatic heterocycles. The molecule has 1 aliphatic carbocycles. The maximum Gasteiger partial charge on any atom is 0.0469 e. The first kappa shape index (κ1) is 16.3. The van der Waals surface area contributed by atoms with E-state index in [9.17, 15) is 0 Å². The van der Waals surface area contributed by atoms with Crippen LogP contribution in [0.3, 0.4) is 0 Å². The maximum atomic E-state index is 5.49. The minimum absolute atomic E-state index is 0.670. The van der Waals surface area contributed by atoms with Gasteiger partial charge in [0.1, 0.15) is 0 Å². The third-order valence-electron chi connectivity index (χ3n) is 5.29. The molecule has 4 atom stereocenters. The highest BCUT2D eigenvalue weighted by molar-refractivity contribution is 4.93. The lowest BCUT2D eigenvalue weighted by atomic mass is 9.75. The van der Waals surface area contributed by atoms with E-state index in [0.29, 0.717) is 12.1 Å². The predicted octanol–water partition coefficient (Wildman–Crippen LogP) is 2.76. The minimum atomic E-state index is 0.670. The summed E-state index contributed by atoms with van der Waals surface area (Å²) in [5.41, 5.74) is 0. The largest absolute Gasteiger partial charge is 0.381 e. The van der Waals surface area contributed by atoms with Crippen molar-refractivity contribution >= 4 is 0 Å². The Morgan fingerprint density at radius 2 is 1.85 bits per heavy atom. The first-order valence-electron chi connectivity index (χ1n) is 8.63. The van der Waals surface area contributed by atoms with Crippen molar-refractivity contribution in [2.45, 2.75) is 58.5 Å². The van der Waals surface area contributed by atoms with Gasteiger partial charge in [0.05, 0.1) is 0 Å². The molecule has 1 saturated carbocycles. The monoisotopic (exact) mass is 282 g/mol. The van der Waals surface area contributed by atoms with Crippen molar-refractivity contribution in [1.29, 1.82) is 0 Å². The van der Waals surface area contributed by atoms with Gasteiger partial charge in [-0.25, -0.2) is 0 Å². The van der Waals surface area contributed by atoms with Crippen LogP contribution in [0.5, 0.6) is 0 Å². The Balaban J connectivity index is 1.94. The van der Waals surface area contributed by atoms with Crippen molar-refractivity contribution < 1.29 is 4.74 Å². The number of nitrogens with one attached hydrogen (secondary N) is 1. The molecule has 0 radical (unpaired) electrons. The summed E-state index contributed by atoms with van der Waals surface area (Å²) < 4.78 is 5.49. The fourth-order valence-electron chi connectivity index (χ4n) is 4.51. The molecule has 2 aliphatic rings. The molecular weight excluding hydrogens is 248 g/mol. The van der Waals surface area contributed by atoms with Crippen molar-refractivity contribution in [2.75, 3.05) is 33.4 Å². The highest BCUT2D eigenvalue weighted by Crippen LogP contribution is 2.32. The van der Waals surface area contributed by atoms with E-state index in [1.54, 1.807) is 0 Å². The fourth-order valence-corrected chi connectivity index (χ4v) is 4.51. The summed E-state index contributed by atoms with van der Waals surface area (Å²) in [5, 5.41) is 3.75. The highest BCUT2D eigenvalue weighted by atomic mass is 16.5. The Kier molecular flexibility index (Phi) is 6.31. The summed E-state index contributed by atoms with van der Waals surface area (Å²) in [7, 11) is 2.34. The number of hydrogen-bond acceptors (Lipinski definition) is 3. The minimum Gasteiger partial charge on any atom is -0.381 e. The molecule has 3 nitrogen and oxygen atoms in total. The number of nitrogens with zero attached hydrogens (tertiary/aromatic N) is 1. The van der Waals surface area contributed by atoms with E-state index in [-0.39, 0.29) is 0 Å². The normalized spacial score (nSPS) is 36.5. The summed E-state index contributed by atoms with van der Waals surface area (Å²) in [6.45, 7) is 11.4.